The number of benzene rings is 1. The summed E-state index contributed by atoms with van der Waals surface area (Å²) in [6.45, 7) is 7.66. The fourth-order valence-electron chi connectivity index (χ4n) is 2.83. The van der Waals surface area contributed by atoms with Crippen LogP contribution in [0.25, 0.3) is 11.3 Å². The number of thiazole rings is 1. The molecule has 0 aliphatic carbocycles. The molecule has 7 heteroatoms. The molecule has 0 atom stereocenters. The van der Waals surface area contributed by atoms with Gasteiger partial charge in [0.15, 0.2) is 5.13 Å². The number of carbonyl (C=O) groups is 1. The smallest absolute Gasteiger partial charge is 0.254 e. The van der Waals surface area contributed by atoms with Gasteiger partial charge in [0.1, 0.15) is 5.82 Å². The van der Waals surface area contributed by atoms with Crippen LogP contribution in [-0.4, -0.2) is 20.9 Å². The van der Waals surface area contributed by atoms with Gasteiger partial charge in [-0.3, -0.25) is 9.59 Å². The molecule has 3 aromatic rings. The molecule has 2 aromatic heterocycles. The van der Waals surface area contributed by atoms with Gasteiger partial charge in [0.2, 0.25) is 5.91 Å². The van der Waals surface area contributed by atoms with Gasteiger partial charge >= 0.3 is 0 Å². The van der Waals surface area contributed by atoms with E-state index in [1.54, 1.807) is 13.8 Å². The summed E-state index contributed by atoms with van der Waals surface area (Å²) in [7, 11) is 0. The van der Waals surface area contributed by atoms with Gasteiger partial charge in [-0.05, 0) is 51.3 Å². The summed E-state index contributed by atoms with van der Waals surface area (Å²) in [5, 5.41) is 5.30. The van der Waals surface area contributed by atoms with Gasteiger partial charge in [0, 0.05) is 28.6 Å². The molecular weight excluding hydrogens is 360 g/mol. The Morgan fingerprint density at radius 3 is 2.63 bits per heavy atom. The molecule has 3 rings (SSSR count). The summed E-state index contributed by atoms with van der Waals surface area (Å²) < 4.78 is 0. The summed E-state index contributed by atoms with van der Waals surface area (Å²) in [4.78, 5) is 35.7. The normalized spacial score (nSPS) is 10.8. The molecule has 0 bridgehead atoms. The van der Waals surface area contributed by atoms with Crippen LogP contribution in [0.15, 0.2) is 28.4 Å². The lowest BCUT2D eigenvalue weighted by atomic mass is 10.1. The molecular formula is C20H22N4O2S. The van der Waals surface area contributed by atoms with Crippen molar-refractivity contribution in [3.8, 4) is 11.3 Å². The van der Waals surface area contributed by atoms with Crippen LogP contribution in [0, 0.1) is 27.7 Å². The van der Waals surface area contributed by atoms with Gasteiger partial charge in [0.05, 0.1) is 5.69 Å². The van der Waals surface area contributed by atoms with Crippen LogP contribution in [0.3, 0.4) is 0 Å². The SMILES string of the molecule is Cc1nc(C)c(CCC(=O)Nc2nc(-c3ccc(C)c(C)c3)cs2)c(=O)[nH]1. The van der Waals surface area contributed by atoms with Crippen molar-refractivity contribution in [3.05, 3.63) is 62.1 Å². The van der Waals surface area contributed by atoms with Crippen LogP contribution in [0.1, 0.15) is 34.6 Å². The highest BCUT2D eigenvalue weighted by atomic mass is 32.1. The summed E-state index contributed by atoms with van der Waals surface area (Å²) in [6.07, 6.45) is 0.545. The zero-order chi connectivity index (χ0) is 19.6. The molecule has 140 valence electrons. The van der Waals surface area contributed by atoms with Crippen molar-refractivity contribution in [1.29, 1.82) is 0 Å². The molecule has 27 heavy (non-hydrogen) atoms. The fraction of sp³-hybridized carbons (Fsp3) is 0.300. The number of amides is 1. The standard InChI is InChI=1S/C20H22N4O2S/c1-11-5-6-15(9-12(11)2)17-10-27-20(23-17)24-18(25)8-7-16-13(3)21-14(4)22-19(16)26/h5-6,9-10H,7-8H2,1-4H3,(H,21,22,26)(H,23,24,25). The molecule has 2 N–H and O–H groups in total. The van der Waals surface area contributed by atoms with E-state index in [-0.39, 0.29) is 17.9 Å². The number of rotatable bonds is 5. The molecule has 0 unspecified atom stereocenters. The number of aromatic nitrogens is 3. The fourth-order valence-corrected chi connectivity index (χ4v) is 3.57. The van der Waals surface area contributed by atoms with E-state index in [2.05, 4.69) is 46.2 Å². The Kier molecular flexibility index (Phi) is 5.51. The Labute approximate surface area is 161 Å². The molecule has 6 nitrogen and oxygen atoms in total. The number of hydrogen-bond acceptors (Lipinski definition) is 5. The van der Waals surface area contributed by atoms with Crippen LogP contribution < -0.4 is 10.9 Å². The zero-order valence-electron chi connectivity index (χ0n) is 15.8. The van der Waals surface area contributed by atoms with E-state index in [1.165, 1.54) is 22.5 Å². The lowest BCUT2D eigenvalue weighted by Gasteiger charge is -2.05. The Balaban J connectivity index is 1.64. The predicted molar refractivity (Wildman–Crippen MR) is 108 cm³/mol. The highest BCUT2D eigenvalue weighted by Gasteiger charge is 2.12. The van der Waals surface area contributed by atoms with Crippen molar-refractivity contribution < 1.29 is 4.79 Å². The second kappa shape index (κ2) is 7.84. The van der Waals surface area contributed by atoms with E-state index in [9.17, 15) is 9.59 Å². The topological polar surface area (TPSA) is 87.7 Å². The Hall–Kier alpha value is -2.80. The highest BCUT2D eigenvalue weighted by Crippen LogP contribution is 2.26. The van der Waals surface area contributed by atoms with Crippen LogP contribution in [0.4, 0.5) is 5.13 Å². The van der Waals surface area contributed by atoms with Crippen molar-refractivity contribution in [3.63, 3.8) is 0 Å². The first-order chi connectivity index (χ1) is 12.8. The number of hydrogen-bond donors (Lipinski definition) is 2. The number of carbonyl (C=O) groups excluding carboxylic acids is 1. The third kappa shape index (κ3) is 4.49. The van der Waals surface area contributed by atoms with E-state index >= 15 is 0 Å². The maximum atomic E-state index is 12.2. The third-order valence-corrected chi connectivity index (χ3v) is 5.25. The van der Waals surface area contributed by atoms with Crippen LogP contribution in [-0.2, 0) is 11.2 Å². The zero-order valence-corrected chi connectivity index (χ0v) is 16.7. The van der Waals surface area contributed by atoms with Gasteiger partial charge < -0.3 is 10.3 Å². The molecule has 2 heterocycles. The van der Waals surface area contributed by atoms with Crippen molar-refractivity contribution in [2.24, 2.45) is 0 Å². The molecule has 0 fully saturated rings. The van der Waals surface area contributed by atoms with Crippen LogP contribution in [0.2, 0.25) is 0 Å². The van der Waals surface area contributed by atoms with Gasteiger partial charge in [-0.1, -0.05) is 12.1 Å². The first kappa shape index (κ1) is 19.0. The minimum absolute atomic E-state index is 0.171. The summed E-state index contributed by atoms with van der Waals surface area (Å²) in [5.41, 5.74) is 5.34. The maximum absolute atomic E-state index is 12.2. The second-order valence-electron chi connectivity index (χ2n) is 6.60. The van der Waals surface area contributed by atoms with Crippen molar-refractivity contribution in [2.45, 2.75) is 40.5 Å². The van der Waals surface area contributed by atoms with Crippen molar-refractivity contribution in [1.82, 2.24) is 15.0 Å². The van der Waals surface area contributed by atoms with E-state index in [1.807, 2.05) is 11.4 Å². The molecule has 1 aromatic carbocycles. The lowest BCUT2D eigenvalue weighted by molar-refractivity contribution is -0.116. The molecule has 0 spiro atoms. The molecule has 0 aliphatic heterocycles. The quantitative estimate of drug-likeness (QED) is 0.704. The largest absolute Gasteiger partial charge is 0.311 e. The number of aromatic amines is 1. The molecule has 0 aliphatic rings. The Morgan fingerprint density at radius 1 is 1.15 bits per heavy atom. The first-order valence-electron chi connectivity index (χ1n) is 8.73. The van der Waals surface area contributed by atoms with E-state index < -0.39 is 0 Å². The summed E-state index contributed by atoms with van der Waals surface area (Å²) in [5.74, 6) is 0.405. The minimum Gasteiger partial charge on any atom is -0.311 e. The number of aryl methyl sites for hydroxylation is 4. The predicted octanol–water partition coefficient (Wildman–Crippen LogP) is 3.70. The van der Waals surface area contributed by atoms with Gasteiger partial charge in [-0.25, -0.2) is 9.97 Å². The molecule has 1 amide bonds. The Morgan fingerprint density at radius 2 is 1.93 bits per heavy atom. The summed E-state index contributed by atoms with van der Waals surface area (Å²) >= 11 is 1.39. The second-order valence-corrected chi connectivity index (χ2v) is 7.46. The molecule has 0 saturated heterocycles. The molecule has 0 radical (unpaired) electrons. The number of H-pyrrole nitrogens is 1. The van der Waals surface area contributed by atoms with Crippen molar-refractivity contribution >= 4 is 22.4 Å². The van der Waals surface area contributed by atoms with Crippen LogP contribution in [0.5, 0.6) is 0 Å². The van der Waals surface area contributed by atoms with E-state index in [0.29, 0.717) is 28.6 Å². The summed E-state index contributed by atoms with van der Waals surface area (Å²) in [6, 6.07) is 6.19. The highest BCUT2D eigenvalue weighted by molar-refractivity contribution is 7.14. The van der Waals surface area contributed by atoms with E-state index in [4.69, 9.17) is 0 Å². The molecule has 0 saturated carbocycles. The van der Waals surface area contributed by atoms with E-state index in [0.717, 1.165) is 11.3 Å². The average molecular weight is 382 g/mol. The van der Waals surface area contributed by atoms with Crippen molar-refractivity contribution in [2.75, 3.05) is 5.32 Å². The Bertz CT molecular complexity index is 1050. The first-order valence-corrected chi connectivity index (χ1v) is 9.61. The number of nitrogens with one attached hydrogen (secondary N) is 2. The van der Waals surface area contributed by atoms with Crippen LogP contribution >= 0.6 is 11.3 Å². The van der Waals surface area contributed by atoms with Gasteiger partial charge in [0.25, 0.3) is 5.56 Å². The van der Waals surface area contributed by atoms with Gasteiger partial charge in [-0.2, -0.15) is 0 Å². The maximum Gasteiger partial charge on any atom is 0.254 e. The lowest BCUT2D eigenvalue weighted by Crippen LogP contribution is -2.20. The minimum atomic E-state index is -0.181. The average Bonchev–Trinajstić information content (AvgIpc) is 3.04. The monoisotopic (exact) mass is 382 g/mol. The van der Waals surface area contributed by atoms with Gasteiger partial charge in [-0.15, -0.1) is 11.3 Å². The number of nitrogens with zero attached hydrogens (tertiary/aromatic N) is 2. The third-order valence-electron chi connectivity index (χ3n) is 4.50. The number of anilines is 1.